The molecule has 1 aromatic carbocycles. The van der Waals surface area contributed by atoms with Crippen molar-refractivity contribution in [3.8, 4) is 0 Å². The maximum Gasteiger partial charge on any atom is 0.401 e. The van der Waals surface area contributed by atoms with Gasteiger partial charge in [-0.15, -0.1) is 0 Å². The van der Waals surface area contributed by atoms with Crippen LogP contribution in [0.5, 0.6) is 0 Å². The number of rotatable bonds is 3. The smallest absolute Gasteiger partial charge is 0.401 e. The van der Waals surface area contributed by atoms with E-state index in [1.807, 2.05) is 0 Å². The molecule has 0 spiro atoms. The van der Waals surface area contributed by atoms with Crippen molar-refractivity contribution < 1.29 is 29.0 Å². The lowest BCUT2D eigenvalue weighted by Gasteiger charge is -2.27. The zero-order chi connectivity index (χ0) is 15.8. The SMILES string of the molecule is O=C(O[N+]1([O-])C(=O)CCC1=O)c1cc([N+](=O)[O-])ccc1Cl. The van der Waals surface area contributed by atoms with Crippen molar-refractivity contribution in [2.45, 2.75) is 12.8 Å². The van der Waals surface area contributed by atoms with Gasteiger partial charge in [0.05, 0.1) is 28.4 Å². The van der Waals surface area contributed by atoms with E-state index in [0.717, 1.165) is 18.2 Å². The van der Waals surface area contributed by atoms with Crippen LogP contribution in [0, 0.1) is 15.3 Å². The first-order valence-corrected chi connectivity index (χ1v) is 5.98. The van der Waals surface area contributed by atoms with E-state index in [4.69, 9.17) is 11.6 Å². The van der Waals surface area contributed by atoms with Crippen LogP contribution in [0.1, 0.15) is 23.2 Å². The number of non-ortho nitro benzene ring substituents is 1. The minimum atomic E-state index is -2.36. The fourth-order valence-electron chi connectivity index (χ4n) is 1.70. The van der Waals surface area contributed by atoms with Crippen LogP contribution in [-0.4, -0.2) is 27.5 Å². The minimum absolute atomic E-state index is 0.212. The number of amides is 2. The Kier molecular flexibility index (Phi) is 3.73. The Labute approximate surface area is 121 Å². The second kappa shape index (κ2) is 5.20. The summed E-state index contributed by atoms with van der Waals surface area (Å²) in [7, 11) is 0. The summed E-state index contributed by atoms with van der Waals surface area (Å²) in [5.74, 6) is -3.62. The van der Waals surface area contributed by atoms with Crippen molar-refractivity contribution >= 4 is 35.1 Å². The Balaban J connectivity index is 2.33. The molecular weight excluding hydrogens is 308 g/mol. The van der Waals surface area contributed by atoms with Gasteiger partial charge >= 0.3 is 17.8 Å². The van der Waals surface area contributed by atoms with Gasteiger partial charge in [0.2, 0.25) is 0 Å². The number of hydroxylamine groups is 4. The molecule has 1 aromatic rings. The van der Waals surface area contributed by atoms with Crippen LogP contribution in [0.3, 0.4) is 0 Å². The molecule has 10 heteroatoms. The molecule has 1 aliphatic heterocycles. The second-order valence-electron chi connectivity index (χ2n) is 4.14. The van der Waals surface area contributed by atoms with Gasteiger partial charge in [0.25, 0.3) is 5.69 Å². The number of hydrogen-bond acceptors (Lipinski definition) is 7. The normalized spacial score (nSPS) is 16.9. The van der Waals surface area contributed by atoms with Crippen molar-refractivity contribution in [3.05, 3.63) is 44.1 Å². The van der Waals surface area contributed by atoms with E-state index >= 15 is 0 Å². The molecule has 0 unspecified atom stereocenters. The fraction of sp³-hybridized carbons (Fsp3) is 0.182. The number of hydrogen-bond donors (Lipinski definition) is 0. The number of quaternary nitrogens is 1. The lowest BCUT2D eigenvalue weighted by atomic mass is 10.2. The molecule has 0 saturated carbocycles. The summed E-state index contributed by atoms with van der Waals surface area (Å²) >= 11 is 5.70. The predicted octanol–water partition coefficient (Wildman–Crippen LogP) is 1.48. The number of imide groups is 1. The number of nitro benzene ring substituents is 1. The average molecular weight is 315 g/mol. The molecule has 1 heterocycles. The summed E-state index contributed by atoms with van der Waals surface area (Å²) in [6.45, 7) is 0. The third kappa shape index (κ3) is 2.61. The van der Waals surface area contributed by atoms with Crippen LogP contribution in [-0.2, 0) is 14.4 Å². The topological polar surface area (TPSA) is 127 Å². The van der Waals surface area contributed by atoms with E-state index in [1.54, 1.807) is 0 Å². The van der Waals surface area contributed by atoms with Crippen LogP contribution >= 0.6 is 11.6 Å². The van der Waals surface area contributed by atoms with Crippen molar-refractivity contribution in [1.29, 1.82) is 0 Å². The van der Waals surface area contributed by atoms with Gasteiger partial charge in [-0.2, -0.15) is 0 Å². The van der Waals surface area contributed by atoms with Gasteiger partial charge in [-0.05, 0) is 10.9 Å². The molecule has 0 N–H and O–H groups in total. The quantitative estimate of drug-likeness (QED) is 0.272. The Morgan fingerprint density at radius 3 is 2.38 bits per heavy atom. The van der Waals surface area contributed by atoms with Crippen LogP contribution in [0.4, 0.5) is 5.69 Å². The largest absolute Gasteiger partial charge is 0.574 e. The van der Waals surface area contributed by atoms with Crippen molar-refractivity contribution in [2.75, 3.05) is 0 Å². The molecule has 0 aromatic heterocycles. The molecule has 1 saturated heterocycles. The van der Waals surface area contributed by atoms with Crippen LogP contribution in [0.2, 0.25) is 5.02 Å². The van der Waals surface area contributed by atoms with Gasteiger partial charge in [0.1, 0.15) is 0 Å². The van der Waals surface area contributed by atoms with E-state index in [9.17, 15) is 29.7 Å². The molecule has 0 radical (unpaired) electrons. The molecule has 9 nitrogen and oxygen atoms in total. The van der Waals surface area contributed by atoms with Crippen molar-refractivity contribution in [3.63, 3.8) is 0 Å². The number of benzene rings is 1. The molecule has 2 rings (SSSR count). The summed E-state index contributed by atoms with van der Waals surface area (Å²) < 4.78 is 0. The zero-order valence-corrected chi connectivity index (χ0v) is 11.0. The van der Waals surface area contributed by atoms with E-state index < -0.39 is 38.8 Å². The molecule has 0 atom stereocenters. The number of nitro groups is 1. The van der Waals surface area contributed by atoms with Gasteiger partial charge in [-0.25, -0.2) is 14.4 Å². The molecule has 0 bridgehead atoms. The molecule has 21 heavy (non-hydrogen) atoms. The molecule has 1 fully saturated rings. The summed E-state index contributed by atoms with van der Waals surface area (Å²) in [6, 6.07) is 2.91. The van der Waals surface area contributed by atoms with Crippen LogP contribution < -0.4 is 0 Å². The molecule has 110 valence electrons. The second-order valence-corrected chi connectivity index (χ2v) is 4.55. The Hall–Kier alpha value is -2.36. The van der Waals surface area contributed by atoms with Gasteiger partial charge in [-0.1, -0.05) is 11.6 Å². The number of carbonyl (C=O) groups excluding carboxylic acids is 3. The van der Waals surface area contributed by atoms with Gasteiger partial charge < -0.3 is 5.21 Å². The summed E-state index contributed by atoms with van der Waals surface area (Å²) in [4.78, 5) is 46.4. The monoisotopic (exact) mass is 314 g/mol. The van der Waals surface area contributed by atoms with Crippen LogP contribution in [0.15, 0.2) is 18.2 Å². The maximum atomic E-state index is 11.9. The fourth-order valence-corrected chi connectivity index (χ4v) is 1.89. The zero-order valence-electron chi connectivity index (χ0n) is 10.3. The highest BCUT2D eigenvalue weighted by Crippen LogP contribution is 2.27. The summed E-state index contributed by atoms with van der Waals surface area (Å²) in [5, 5.41) is 22.3. The first-order valence-electron chi connectivity index (χ1n) is 5.60. The third-order valence-corrected chi connectivity index (χ3v) is 3.13. The van der Waals surface area contributed by atoms with Gasteiger partial charge in [-0.3, -0.25) is 15.0 Å². The summed E-state index contributed by atoms with van der Waals surface area (Å²) in [6.07, 6.45) is -0.670. The highest BCUT2D eigenvalue weighted by atomic mass is 35.5. The van der Waals surface area contributed by atoms with E-state index in [-0.39, 0.29) is 17.9 Å². The average Bonchev–Trinajstić information content (AvgIpc) is 2.66. The Morgan fingerprint density at radius 2 is 1.86 bits per heavy atom. The highest BCUT2D eigenvalue weighted by Gasteiger charge is 2.48. The van der Waals surface area contributed by atoms with E-state index in [2.05, 4.69) is 4.84 Å². The molecular formula is C11H7ClN2O7. The van der Waals surface area contributed by atoms with Gasteiger partial charge in [0.15, 0.2) is 0 Å². The first-order chi connectivity index (χ1) is 9.75. The third-order valence-electron chi connectivity index (χ3n) is 2.80. The lowest BCUT2D eigenvalue weighted by Crippen LogP contribution is -2.48. The predicted molar refractivity (Wildman–Crippen MR) is 66.4 cm³/mol. The van der Waals surface area contributed by atoms with Gasteiger partial charge in [0, 0.05) is 12.1 Å². The lowest BCUT2D eigenvalue weighted by molar-refractivity contribution is -0.914. The molecule has 2 amide bonds. The van der Waals surface area contributed by atoms with Crippen LogP contribution in [0.25, 0.3) is 0 Å². The number of carbonyl (C=O) groups is 3. The standard InChI is InChI=1S/C11H7ClN2O7/c12-8-2-1-6(13(18)19)5-7(8)11(17)21-14(20)9(15)3-4-10(14)16/h1-2,5H,3-4H2. The van der Waals surface area contributed by atoms with Crippen molar-refractivity contribution in [2.24, 2.45) is 0 Å². The Bertz CT molecular complexity index is 657. The van der Waals surface area contributed by atoms with Crippen molar-refractivity contribution in [1.82, 2.24) is 0 Å². The number of halogens is 1. The Morgan fingerprint density at radius 1 is 1.29 bits per heavy atom. The summed E-state index contributed by atoms with van der Waals surface area (Å²) in [5.41, 5.74) is -0.936. The maximum absolute atomic E-state index is 11.9. The highest BCUT2D eigenvalue weighted by molar-refractivity contribution is 6.33. The minimum Gasteiger partial charge on any atom is -0.574 e. The number of nitrogens with zero attached hydrogens (tertiary/aromatic N) is 2. The molecule has 0 aliphatic carbocycles. The van der Waals surface area contributed by atoms with E-state index in [0.29, 0.717) is 0 Å². The first kappa shape index (κ1) is 15.0. The van der Waals surface area contributed by atoms with E-state index in [1.165, 1.54) is 0 Å². The molecule has 1 aliphatic rings.